The van der Waals surface area contributed by atoms with Crippen LogP contribution in [0.4, 0.5) is 5.69 Å². The minimum atomic E-state index is -0.320. The molecule has 1 aromatic carbocycles. The van der Waals surface area contributed by atoms with Crippen LogP contribution in [0.3, 0.4) is 0 Å². The van der Waals surface area contributed by atoms with Crippen LogP contribution in [0.1, 0.15) is 5.82 Å². The Bertz CT molecular complexity index is 894. The fourth-order valence-corrected chi connectivity index (χ4v) is 2.62. The summed E-state index contributed by atoms with van der Waals surface area (Å²) in [6.07, 6.45) is 5.09. The highest BCUT2D eigenvalue weighted by Gasteiger charge is 2.08. The van der Waals surface area contributed by atoms with E-state index in [0.717, 1.165) is 11.6 Å². The van der Waals surface area contributed by atoms with Crippen LogP contribution in [0.5, 0.6) is 5.75 Å². The van der Waals surface area contributed by atoms with E-state index in [1.165, 1.54) is 0 Å². The standard InChI is InChI=1S/C17H14Cl2N4O2/c1-11-20-6-7-23(11)16-5-3-13(9-21-16)22-17(24)10-25-15-4-2-12(18)8-14(15)19/h2-9H,10H2,1H3,(H,22,24). The number of anilines is 1. The second-order valence-electron chi connectivity index (χ2n) is 5.16. The largest absolute Gasteiger partial charge is 0.482 e. The van der Waals surface area contributed by atoms with Crippen molar-refractivity contribution in [1.82, 2.24) is 14.5 Å². The number of carbonyl (C=O) groups excluding carboxylic acids is 1. The van der Waals surface area contributed by atoms with Gasteiger partial charge in [-0.1, -0.05) is 23.2 Å². The topological polar surface area (TPSA) is 69.0 Å². The number of carbonyl (C=O) groups is 1. The number of benzene rings is 1. The number of hydrogen-bond acceptors (Lipinski definition) is 4. The van der Waals surface area contributed by atoms with Crippen molar-refractivity contribution in [3.8, 4) is 11.6 Å². The number of aryl methyl sites for hydroxylation is 1. The van der Waals surface area contributed by atoms with Crippen molar-refractivity contribution in [2.75, 3.05) is 11.9 Å². The quantitative estimate of drug-likeness (QED) is 0.732. The van der Waals surface area contributed by atoms with E-state index in [1.807, 2.05) is 17.7 Å². The van der Waals surface area contributed by atoms with Crippen LogP contribution in [0.2, 0.25) is 10.0 Å². The van der Waals surface area contributed by atoms with Gasteiger partial charge in [0.2, 0.25) is 0 Å². The monoisotopic (exact) mass is 376 g/mol. The minimum Gasteiger partial charge on any atom is -0.482 e. The first-order chi connectivity index (χ1) is 12.0. The van der Waals surface area contributed by atoms with Crippen molar-refractivity contribution in [1.29, 1.82) is 0 Å². The number of pyridine rings is 1. The van der Waals surface area contributed by atoms with Crippen molar-refractivity contribution in [2.24, 2.45) is 0 Å². The number of ether oxygens (including phenoxy) is 1. The van der Waals surface area contributed by atoms with Gasteiger partial charge in [-0.25, -0.2) is 9.97 Å². The average Bonchev–Trinajstić information content (AvgIpc) is 3.01. The Morgan fingerprint density at radius 1 is 1.24 bits per heavy atom. The Kier molecular flexibility index (Phi) is 5.21. The molecule has 2 heterocycles. The molecule has 0 bridgehead atoms. The zero-order valence-electron chi connectivity index (χ0n) is 13.2. The number of hydrogen-bond donors (Lipinski definition) is 1. The predicted molar refractivity (Wildman–Crippen MR) is 96.7 cm³/mol. The molecule has 0 aliphatic carbocycles. The van der Waals surface area contributed by atoms with Gasteiger partial charge in [-0.15, -0.1) is 0 Å². The lowest BCUT2D eigenvalue weighted by atomic mass is 10.3. The van der Waals surface area contributed by atoms with Crippen LogP contribution in [0, 0.1) is 6.92 Å². The van der Waals surface area contributed by atoms with Crippen LogP contribution < -0.4 is 10.1 Å². The van der Waals surface area contributed by atoms with Gasteiger partial charge in [0.25, 0.3) is 5.91 Å². The van der Waals surface area contributed by atoms with Gasteiger partial charge in [0.05, 0.1) is 16.9 Å². The Labute approximate surface area is 154 Å². The molecule has 2 aromatic heterocycles. The van der Waals surface area contributed by atoms with Crippen molar-refractivity contribution in [3.05, 3.63) is 64.8 Å². The molecule has 6 nitrogen and oxygen atoms in total. The van der Waals surface area contributed by atoms with Gasteiger partial charge in [0.1, 0.15) is 17.4 Å². The third-order valence-corrected chi connectivity index (χ3v) is 3.89. The van der Waals surface area contributed by atoms with Gasteiger partial charge in [-0.2, -0.15) is 0 Å². The second kappa shape index (κ2) is 7.55. The van der Waals surface area contributed by atoms with Gasteiger partial charge in [-0.3, -0.25) is 9.36 Å². The van der Waals surface area contributed by atoms with Crippen molar-refractivity contribution in [3.63, 3.8) is 0 Å². The molecule has 25 heavy (non-hydrogen) atoms. The first-order valence-electron chi connectivity index (χ1n) is 7.37. The Morgan fingerprint density at radius 2 is 2.08 bits per heavy atom. The number of nitrogens with one attached hydrogen (secondary N) is 1. The maximum Gasteiger partial charge on any atom is 0.262 e. The van der Waals surface area contributed by atoms with Crippen LogP contribution in [-0.4, -0.2) is 27.0 Å². The third kappa shape index (κ3) is 4.29. The summed E-state index contributed by atoms with van der Waals surface area (Å²) in [6.45, 7) is 1.71. The SMILES string of the molecule is Cc1nccn1-c1ccc(NC(=O)COc2ccc(Cl)cc2Cl)cn1. The summed E-state index contributed by atoms with van der Waals surface area (Å²) < 4.78 is 7.23. The predicted octanol–water partition coefficient (Wildman–Crippen LogP) is 3.90. The van der Waals surface area contributed by atoms with E-state index in [0.29, 0.717) is 21.5 Å². The molecule has 0 unspecified atom stereocenters. The summed E-state index contributed by atoms with van der Waals surface area (Å²) in [5, 5.41) is 3.56. The molecule has 0 aliphatic heterocycles. The molecule has 128 valence electrons. The van der Waals surface area contributed by atoms with Crippen molar-refractivity contribution < 1.29 is 9.53 Å². The highest BCUT2D eigenvalue weighted by atomic mass is 35.5. The van der Waals surface area contributed by atoms with Gasteiger partial charge in [-0.05, 0) is 37.3 Å². The average molecular weight is 377 g/mol. The Balaban J connectivity index is 1.58. The number of aromatic nitrogens is 3. The van der Waals surface area contributed by atoms with E-state index in [2.05, 4.69) is 15.3 Å². The molecular weight excluding hydrogens is 363 g/mol. The van der Waals surface area contributed by atoms with Gasteiger partial charge < -0.3 is 10.1 Å². The maximum absolute atomic E-state index is 12.0. The summed E-state index contributed by atoms with van der Waals surface area (Å²) >= 11 is 11.8. The number of amides is 1. The summed E-state index contributed by atoms with van der Waals surface area (Å²) in [4.78, 5) is 20.4. The second-order valence-corrected chi connectivity index (χ2v) is 6.00. The Hall–Kier alpha value is -2.57. The van der Waals surface area contributed by atoms with Crippen LogP contribution >= 0.6 is 23.2 Å². The van der Waals surface area contributed by atoms with Gasteiger partial charge >= 0.3 is 0 Å². The number of halogens is 2. The van der Waals surface area contributed by atoms with Crippen LogP contribution in [0.25, 0.3) is 5.82 Å². The number of imidazole rings is 1. The molecule has 0 radical (unpaired) electrons. The number of nitrogens with zero attached hydrogens (tertiary/aromatic N) is 3. The summed E-state index contributed by atoms with van der Waals surface area (Å²) in [6, 6.07) is 8.36. The van der Waals surface area contributed by atoms with Gasteiger partial charge in [0.15, 0.2) is 6.61 Å². The molecule has 1 N–H and O–H groups in total. The minimum absolute atomic E-state index is 0.177. The fourth-order valence-electron chi connectivity index (χ4n) is 2.16. The van der Waals surface area contributed by atoms with E-state index in [-0.39, 0.29) is 12.5 Å². The molecule has 0 atom stereocenters. The van der Waals surface area contributed by atoms with Crippen molar-refractivity contribution in [2.45, 2.75) is 6.92 Å². The highest BCUT2D eigenvalue weighted by molar-refractivity contribution is 6.35. The van der Waals surface area contributed by atoms with E-state index >= 15 is 0 Å². The van der Waals surface area contributed by atoms with E-state index in [4.69, 9.17) is 27.9 Å². The van der Waals surface area contributed by atoms with E-state index in [9.17, 15) is 4.79 Å². The molecule has 0 aliphatic rings. The fraction of sp³-hybridized carbons (Fsp3) is 0.118. The van der Waals surface area contributed by atoms with Crippen molar-refractivity contribution >= 4 is 34.8 Å². The van der Waals surface area contributed by atoms with Crippen LogP contribution in [0.15, 0.2) is 48.9 Å². The molecule has 0 fully saturated rings. The highest BCUT2D eigenvalue weighted by Crippen LogP contribution is 2.27. The lowest BCUT2D eigenvalue weighted by Crippen LogP contribution is -2.20. The molecule has 0 saturated carbocycles. The summed E-state index contributed by atoms with van der Waals surface area (Å²) in [5.74, 6) is 1.62. The lowest BCUT2D eigenvalue weighted by Gasteiger charge is -2.09. The molecule has 3 aromatic rings. The first-order valence-corrected chi connectivity index (χ1v) is 8.12. The Morgan fingerprint density at radius 3 is 2.72 bits per heavy atom. The lowest BCUT2D eigenvalue weighted by molar-refractivity contribution is -0.118. The number of rotatable bonds is 5. The normalized spacial score (nSPS) is 10.5. The van der Waals surface area contributed by atoms with Crippen LogP contribution in [-0.2, 0) is 4.79 Å². The van der Waals surface area contributed by atoms with Gasteiger partial charge in [0, 0.05) is 17.4 Å². The molecule has 1 amide bonds. The maximum atomic E-state index is 12.0. The third-order valence-electron chi connectivity index (χ3n) is 3.36. The molecule has 0 spiro atoms. The zero-order chi connectivity index (χ0) is 17.8. The molecular formula is C17H14Cl2N4O2. The summed E-state index contributed by atoms with van der Waals surface area (Å²) in [5.41, 5.74) is 0.567. The molecule has 3 rings (SSSR count). The van der Waals surface area contributed by atoms with E-state index < -0.39 is 0 Å². The molecule has 8 heteroatoms. The zero-order valence-corrected chi connectivity index (χ0v) is 14.8. The first kappa shape index (κ1) is 17.3. The summed E-state index contributed by atoms with van der Waals surface area (Å²) in [7, 11) is 0. The molecule has 0 saturated heterocycles. The smallest absolute Gasteiger partial charge is 0.262 e. The van der Waals surface area contributed by atoms with E-state index in [1.54, 1.807) is 42.7 Å².